The van der Waals surface area contributed by atoms with Crippen molar-refractivity contribution in [3.8, 4) is 11.8 Å². The van der Waals surface area contributed by atoms with E-state index in [0.717, 1.165) is 6.07 Å². The molecule has 1 aromatic rings. The Labute approximate surface area is 121 Å². The van der Waals surface area contributed by atoms with E-state index in [-0.39, 0.29) is 24.6 Å². The van der Waals surface area contributed by atoms with Crippen molar-refractivity contribution in [2.75, 3.05) is 26.2 Å². The van der Waals surface area contributed by atoms with Crippen LogP contribution in [0.3, 0.4) is 0 Å². The quantitative estimate of drug-likeness (QED) is 0.722. The number of halogens is 1. The Bertz CT molecular complexity index is 619. The first-order chi connectivity index (χ1) is 10.1. The Kier molecular flexibility index (Phi) is 4.90. The third kappa shape index (κ3) is 3.80. The SMILES string of the molecule is O=C1CN(C(=O)c2ccc(C#CCO)cc2F)CCCN1. The zero-order valence-electron chi connectivity index (χ0n) is 11.4. The van der Waals surface area contributed by atoms with Crippen LogP contribution in [0.15, 0.2) is 18.2 Å². The van der Waals surface area contributed by atoms with Crippen molar-refractivity contribution >= 4 is 11.8 Å². The van der Waals surface area contributed by atoms with Crippen LogP contribution in [0.2, 0.25) is 0 Å². The van der Waals surface area contributed by atoms with E-state index < -0.39 is 11.7 Å². The average molecular weight is 290 g/mol. The third-order valence-corrected chi connectivity index (χ3v) is 3.06. The van der Waals surface area contributed by atoms with Crippen LogP contribution in [0.25, 0.3) is 0 Å². The largest absolute Gasteiger partial charge is 0.384 e. The summed E-state index contributed by atoms with van der Waals surface area (Å²) in [6.45, 7) is 0.541. The molecule has 1 aliphatic heterocycles. The van der Waals surface area contributed by atoms with Crippen LogP contribution >= 0.6 is 0 Å². The molecule has 1 saturated heterocycles. The fraction of sp³-hybridized carbons (Fsp3) is 0.333. The minimum Gasteiger partial charge on any atom is -0.384 e. The van der Waals surface area contributed by atoms with E-state index in [2.05, 4.69) is 17.2 Å². The lowest BCUT2D eigenvalue weighted by Crippen LogP contribution is -2.37. The predicted octanol–water partition coefficient (Wildman–Crippen LogP) is 0.132. The number of nitrogens with zero attached hydrogens (tertiary/aromatic N) is 1. The fourth-order valence-electron chi connectivity index (χ4n) is 2.06. The molecule has 6 heteroatoms. The van der Waals surface area contributed by atoms with E-state index >= 15 is 0 Å². The normalized spacial score (nSPS) is 14.8. The summed E-state index contributed by atoms with van der Waals surface area (Å²) in [6.07, 6.45) is 0.638. The molecule has 110 valence electrons. The highest BCUT2D eigenvalue weighted by Crippen LogP contribution is 2.13. The van der Waals surface area contributed by atoms with Gasteiger partial charge < -0.3 is 15.3 Å². The Morgan fingerprint density at radius 2 is 2.29 bits per heavy atom. The Hall–Kier alpha value is -2.39. The molecule has 0 atom stereocenters. The summed E-state index contributed by atoms with van der Waals surface area (Å²) in [7, 11) is 0. The number of aliphatic hydroxyl groups excluding tert-OH is 1. The molecule has 0 bridgehead atoms. The van der Waals surface area contributed by atoms with Gasteiger partial charge in [-0.05, 0) is 24.6 Å². The fourth-order valence-corrected chi connectivity index (χ4v) is 2.06. The molecule has 0 radical (unpaired) electrons. The maximum atomic E-state index is 14.0. The molecule has 1 heterocycles. The molecule has 1 aliphatic rings. The van der Waals surface area contributed by atoms with Crippen molar-refractivity contribution in [2.45, 2.75) is 6.42 Å². The molecule has 0 saturated carbocycles. The second kappa shape index (κ2) is 6.86. The molecule has 1 aromatic carbocycles. The Morgan fingerprint density at radius 3 is 3.00 bits per heavy atom. The predicted molar refractivity (Wildman–Crippen MR) is 73.9 cm³/mol. The van der Waals surface area contributed by atoms with Gasteiger partial charge in [0.15, 0.2) is 0 Å². The molecule has 0 spiro atoms. The summed E-state index contributed by atoms with van der Waals surface area (Å²) in [6, 6.07) is 4.01. The molecule has 21 heavy (non-hydrogen) atoms. The molecule has 2 amide bonds. The van der Waals surface area contributed by atoms with Crippen molar-refractivity contribution < 1.29 is 19.1 Å². The first-order valence-electron chi connectivity index (χ1n) is 6.57. The summed E-state index contributed by atoms with van der Waals surface area (Å²) >= 11 is 0. The van der Waals surface area contributed by atoms with Crippen LogP contribution in [0.5, 0.6) is 0 Å². The lowest BCUT2D eigenvalue weighted by Gasteiger charge is -2.19. The standard InChI is InChI=1S/C15H15FN2O3/c16-13-9-11(3-1-8-19)4-5-12(13)15(21)18-7-2-6-17-14(20)10-18/h4-5,9,19H,2,6-8,10H2,(H,17,20). The van der Waals surface area contributed by atoms with Gasteiger partial charge in [0.2, 0.25) is 5.91 Å². The number of rotatable bonds is 1. The molecule has 0 unspecified atom stereocenters. The van der Waals surface area contributed by atoms with Gasteiger partial charge >= 0.3 is 0 Å². The molecular weight excluding hydrogens is 275 g/mol. The summed E-state index contributed by atoms with van der Waals surface area (Å²) < 4.78 is 14.0. The van der Waals surface area contributed by atoms with Crippen molar-refractivity contribution in [2.24, 2.45) is 0 Å². The van der Waals surface area contributed by atoms with Crippen LogP contribution in [-0.2, 0) is 4.79 Å². The monoisotopic (exact) mass is 290 g/mol. The first kappa shape index (κ1) is 15.0. The summed E-state index contributed by atoms with van der Waals surface area (Å²) in [5, 5.41) is 11.3. The Morgan fingerprint density at radius 1 is 1.48 bits per heavy atom. The minimum atomic E-state index is -0.686. The molecule has 0 aromatic heterocycles. The van der Waals surface area contributed by atoms with Gasteiger partial charge in [0.25, 0.3) is 5.91 Å². The van der Waals surface area contributed by atoms with Gasteiger partial charge in [0.05, 0.1) is 12.1 Å². The average Bonchev–Trinajstić information content (AvgIpc) is 2.69. The van der Waals surface area contributed by atoms with Gasteiger partial charge in [-0.1, -0.05) is 11.8 Å². The number of aliphatic hydroxyl groups is 1. The van der Waals surface area contributed by atoms with E-state index in [1.165, 1.54) is 17.0 Å². The maximum Gasteiger partial charge on any atom is 0.257 e. The van der Waals surface area contributed by atoms with Crippen LogP contribution in [0.1, 0.15) is 22.3 Å². The van der Waals surface area contributed by atoms with E-state index in [9.17, 15) is 14.0 Å². The highest BCUT2D eigenvalue weighted by Gasteiger charge is 2.23. The first-order valence-corrected chi connectivity index (χ1v) is 6.57. The molecule has 2 rings (SSSR count). The Balaban J connectivity index is 2.20. The van der Waals surface area contributed by atoms with Gasteiger partial charge in [-0.25, -0.2) is 4.39 Å². The topological polar surface area (TPSA) is 69.6 Å². The summed E-state index contributed by atoms with van der Waals surface area (Å²) in [5.41, 5.74) is 0.297. The highest BCUT2D eigenvalue weighted by atomic mass is 19.1. The van der Waals surface area contributed by atoms with Gasteiger partial charge in [-0.2, -0.15) is 0 Å². The van der Waals surface area contributed by atoms with E-state index in [0.29, 0.717) is 25.1 Å². The number of amides is 2. The number of nitrogens with one attached hydrogen (secondary N) is 1. The molecular formula is C15H15FN2O3. The zero-order chi connectivity index (χ0) is 15.2. The van der Waals surface area contributed by atoms with Crippen LogP contribution in [0.4, 0.5) is 4.39 Å². The van der Waals surface area contributed by atoms with Crippen molar-refractivity contribution in [1.29, 1.82) is 0 Å². The van der Waals surface area contributed by atoms with Gasteiger partial charge in [-0.3, -0.25) is 9.59 Å². The number of hydrogen-bond donors (Lipinski definition) is 2. The van der Waals surface area contributed by atoms with E-state index in [1.54, 1.807) is 0 Å². The van der Waals surface area contributed by atoms with Gasteiger partial charge in [0, 0.05) is 18.7 Å². The lowest BCUT2D eigenvalue weighted by molar-refractivity contribution is -0.121. The van der Waals surface area contributed by atoms with Crippen LogP contribution in [0, 0.1) is 17.7 Å². The number of carbonyl (C=O) groups is 2. The second-order valence-electron chi connectivity index (χ2n) is 4.58. The van der Waals surface area contributed by atoms with Crippen molar-refractivity contribution in [1.82, 2.24) is 10.2 Å². The number of benzene rings is 1. The lowest BCUT2D eigenvalue weighted by atomic mass is 10.1. The van der Waals surface area contributed by atoms with Crippen LogP contribution in [-0.4, -0.2) is 48.1 Å². The molecule has 0 aliphatic carbocycles. The summed E-state index contributed by atoms with van der Waals surface area (Å²) in [4.78, 5) is 25.1. The number of carbonyl (C=O) groups excluding carboxylic acids is 2. The third-order valence-electron chi connectivity index (χ3n) is 3.06. The minimum absolute atomic E-state index is 0.0651. The maximum absolute atomic E-state index is 14.0. The van der Waals surface area contributed by atoms with E-state index in [4.69, 9.17) is 5.11 Å². The van der Waals surface area contributed by atoms with Crippen LogP contribution < -0.4 is 5.32 Å². The smallest absolute Gasteiger partial charge is 0.257 e. The van der Waals surface area contributed by atoms with Gasteiger partial charge in [0.1, 0.15) is 12.4 Å². The molecule has 2 N–H and O–H groups in total. The molecule has 1 fully saturated rings. The number of hydrogen-bond acceptors (Lipinski definition) is 3. The summed E-state index contributed by atoms with van der Waals surface area (Å²) in [5.74, 6) is 3.54. The van der Waals surface area contributed by atoms with E-state index in [1.807, 2.05) is 0 Å². The van der Waals surface area contributed by atoms with Crippen molar-refractivity contribution in [3.63, 3.8) is 0 Å². The second-order valence-corrected chi connectivity index (χ2v) is 4.58. The highest BCUT2D eigenvalue weighted by molar-refractivity contribution is 5.97. The molecule has 5 nitrogen and oxygen atoms in total. The van der Waals surface area contributed by atoms with Crippen molar-refractivity contribution in [3.05, 3.63) is 35.1 Å². The zero-order valence-corrected chi connectivity index (χ0v) is 11.4. The van der Waals surface area contributed by atoms with Gasteiger partial charge in [-0.15, -0.1) is 0 Å².